The molecule has 0 fully saturated rings. The maximum absolute atomic E-state index is 12.3. The van der Waals surface area contributed by atoms with E-state index in [0.29, 0.717) is 12.2 Å². The van der Waals surface area contributed by atoms with Gasteiger partial charge in [-0.1, -0.05) is 29.5 Å². The molecule has 8 heteroatoms. The van der Waals surface area contributed by atoms with Crippen molar-refractivity contribution in [1.82, 2.24) is 9.97 Å². The van der Waals surface area contributed by atoms with Crippen LogP contribution in [-0.2, 0) is 10.5 Å². The molecule has 6 nitrogen and oxygen atoms in total. The van der Waals surface area contributed by atoms with Crippen LogP contribution in [0.1, 0.15) is 35.3 Å². The summed E-state index contributed by atoms with van der Waals surface area (Å²) in [5.41, 5.74) is 2.19. The summed E-state index contributed by atoms with van der Waals surface area (Å²) in [5.74, 6) is 2.25. The SMILES string of the molecule is CCNc1nc2c(s1)[C@@H](c1ccc(OC)c(CSc3ccccn3)c1)CC(=O)N2. The number of pyridine rings is 1. The number of anilines is 2. The summed E-state index contributed by atoms with van der Waals surface area (Å²) in [6.07, 6.45) is 2.21. The number of carbonyl (C=O) groups excluding carboxylic acids is 1. The molecular weight excluding hydrogens is 404 g/mol. The maximum atomic E-state index is 12.3. The fourth-order valence-electron chi connectivity index (χ4n) is 3.33. The lowest BCUT2D eigenvalue weighted by Crippen LogP contribution is -2.22. The minimum Gasteiger partial charge on any atom is -0.496 e. The van der Waals surface area contributed by atoms with Crippen molar-refractivity contribution < 1.29 is 9.53 Å². The molecule has 0 spiro atoms. The van der Waals surface area contributed by atoms with Crippen LogP contribution in [0.15, 0.2) is 47.6 Å². The van der Waals surface area contributed by atoms with Crippen molar-refractivity contribution in [3.05, 3.63) is 58.6 Å². The Morgan fingerprint density at radius 1 is 1.34 bits per heavy atom. The van der Waals surface area contributed by atoms with Crippen LogP contribution in [0.2, 0.25) is 0 Å². The largest absolute Gasteiger partial charge is 0.496 e. The molecule has 3 aromatic rings. The molecule has 2 N–H and O–H groups in total. The van der Waals surface area contributed by atoms with Gasteiger partial charge in [-0.25, -0.2) is 9.97 Å². The molecule has 4 rings (SSSR count). The molecule has 150 valence electrons. The minimum atomic E-state index is -0.00633. The molecule has 0 aliphatic carbocycles. The third-order valence-corrected chi connectivity index (χ3v) is 6.78. The van der Waals surface area contributed by atoms with E-state index < -0.39 is 0 Å². The van der Waals surface area contributed by atoms with E-state index in [2.05, 4.69) is 26.7 Å². The Hall–Kier alpha value is -2.58. The number of ether oxygens (including phenoxy) is 1. The first-order valence-electron chi connectivity index (χ1n) is 9.43. The summed E-state index contributed by atoms with van der Waals surface area (Å²) in [7, 11) is 1.68. The van der Waals surface area contributed by atoms with E-state index in [1.807, 2.05) is 37.3 Å². The van der Waals surface area contributed by atoms with Crippen LogP contribution < -0.4 is 15.4 Å². The number of hydrogen-bond acceptors (Lipinski definition) is 7. The summed E-state index contributed by atoms with van der Waals surface area (Å²) in [4.78, 5) is 22.3. The number of aromatic nitrogens is 2. The van der Waals surface area contributed by atoms with Crippen molar-refractivity contribution in [1.29, 1.82) is 0 Å². The van der Waals surface area contributed by atoms with Gasteiger partial charge in [0.1, 0.15) is 11.6 Å². The standard InChI is InChI=1S/C21H22N4O2S2/c1-3-22-21-25-20-19(29-21)15(11-17(26)24-20)13-7-8-16(27-2)14(10-13)12-28-18-6-4-5-9-23-18/h4-10,15H,3,11-12H2,1-2H3,(H,22,25)(H,24,26)/t15-/m1/s1. The number of fused-ring (bicyclic) bond motifs is 1. The number of thioether (sulfide) groups is 1. The molecule has 0 radical (unpaired) electrons. The highest BCUT2D eigenvalue weighted by Gasteiger charge is 2.30. The van der Waals surface area contributed by atoms with E-state index >= 15 is 0 Å². The monoisotopic (exact) mass is 426 g/mol. The summed E-state index contributed by atoms with van der Waals surface area (Å²) >= 11 is 3.27. The van der Waals surface area contributed by atoms with E-state index in [9.17, 15) is 4.79 Å². The Balaban J connectivity index is 1.64. The van der Waals surface area contributed by atoms with Gasteiger partial charge in [-0.2, -0.15) is 0 Å². The van der Waals surface area contributed by atoms with Crippen LogP contribution in [0.25, 0.3) is 0 Å². The zero-order valence-corrected chi connectivity index (χ0v) is 17.9. The van der Waals surface area contributed by atoms with Crippen LogP contribution in [-0.4, -0.2) is 29.5 Å². The van der Waals surface area contributed by atoms with Crippen molar-refractivity contribution in [3.8, 4) is 5.75 Å². The molecule has 1 atom stereocenters. The number of hydrogen-bond donors (Lipinski definition) is 2. The molecule has 0 unspecified atom stereocenters. The highest BCUT2D eigenvalue weighted by molar-refractivity contribution is 7.98. The second-order valence-electron chi connectivity index (χ2n) is 6.60. The molecule has 2 aromatic heterocycles. The lowest BCUT2D eigenvalue weighted by molar-refractivity contribution is -0.116. The molecule has 0 bridgehead atoms. The third kappa shape index (κ3) is 4.38. The maximum Gasteiger partial charge on any atom is 0.226 e. The highest BCUT2D eigenvalue weighted by atomic mass is 32.2. The first kappa shape index (κ1) is 19.7. The lowest BCUT2D eigenvalue weighted by atomic mass is 9.90. The molecule has 1 aromatic carbocycles. The van der Waals surface area contributed by atoms with Gasteiger partial charge in [0.25, 0.3) is 0 Å². The quantitative estimate of drug-likeness (QED) is 0.531. The van der Waals surface area contributed by atoms with Crippen LogP contribution in [0.5, 0.6) is 5.75 Å². The van der Waals surface area contributed by atoms with Crippen molar-refractivity contribution in [2.75, 3.05) is 24.3 Å². The third-order valence-electron chi connectivity index (χ3n) is 4.67. The van der Waals surface area contributed by atoms with Gasteiger partial charge in [-0.05, 0) is 30.7 Å². The van der Waals surface area contributed by atoms with Crippen molar-refractivity contribution in [3.63, 3.8) is 0 Å². The van der Waals surface area contributed by atoms with E-state index in [-0.39, 0.29) is 11.8 Å². The molecule has 0 saturated carbocycles. The van der Waals surface area contributed by atoms with Gasteiger partial charge in [0.05, 0.1) is 17.0 Å². The number of rotatable bonds is 7. The van der Waals surface area contributed by atoms with E-state index in [4.69, 9.17) is 4.74 Å². The van der Waals surface area contributed by atoms with E-state index in [0.717, 1.165) is 44.2 Å². The first-order valence-corrected chi connectivity index (χ1v) is 11.2. The molecule has 29 heavy (non-hydrogen) atoms. The number of nitrogens with one attached hydrogen (secondary N) is 2. The predicted molar refractivity (Wildman–Crippen MR) is 118 cm³/mol. The van der Waals surface area contributed by atoms with Crippen LogP contribution in [0.3, 0.4) is 0 Å². The van der Waals surface area contributed by atoms with Crippen molar-refractivity contribution >= 4 is 40.0 Å². The van der Waals surface area contributed by atoms with Gasteiger partial charge < -0.3 is 15.4 Å². The Kier molecular flexibility index (Phi) is 6.01. The summed E-state index contributed by atoms with van der Waals surface area (Å²) in [6.45, 7) is 2.83. The van der Waals surface area contributed by atoms with E-state index in [1.165, 1.54) is 0 Å². The molecule has 0 saturated heterocycles. The van der Waals surface area contributed by atoms with Gasteiger partial charge >= 0.3 is 0 Å². The topological polar surface area (TPSA) is 76.1 Å². The average Bonchev–Trinajstić information content (AvgIpc) is 3.14. The number of amides is 1. The van der Waals surface area contributed by atoms with E-state index in [1.54, 1.807) is 36.4 Å². The van der Waals surface area contributed by atoms with Crippen molar-refractivity contribution in [2.45, 2.75) is 30.0 Å². The number of thiazole rings is 1. The zero-order valence-electron chi connectivity index (χ0n) is 16.3. The highest BCUT2D eigenvalue weighted by Crippen LogP contribution is 2.43. The van der Waals surface area contributed by atoms with Crippen LogP contribution in [0.4, 0.5) is 10.9 Å². The second kappa shape index (κ2) is 8.84. The van der Waals surface area contributed by atoms with Gasteiger partial charge in [-0.3, -0.25) is 4.79 Å². The number of benzene rings is 1. The number of nitrogens with zero attached hydrogens (tertiary/aromatic N) is 2. The Morgan fingerprint density at radius 2 is 2.24 bits per heavy atom. The van der Waals surface area contributed by atoms with Gasteiger partial charge in [0.15, 0.2) is 5.13 Å². The molecule has 1 aliphatic heterocycles. The normalized spacial score (nSPS) is 15.5. The van der Waals surface area contributed by atoms with Gasteiger partial charge in [0.2, 0.25) is 5.91 Å². The fourth-order valence-corrected chi connectivity index (χ4v) is 5.28. The summed E-state index contributed by atoms with van der Waals surface area (Å²) in [6, 6.07) is 12.1. The lowest BCUT2D eigenvalue weighted by Gasteiger charge is -2.22. The number of methoxy groups -OCH3 is 1. The molecule has 3 heterocycles. The van der Waals surface area contributed by atoms with Crippen LogP contribution in [0, 0.1) is 0 Å². The molecular formula is C21H22N4O2S2. The van der Waals surface area contributed by atoms with Gasteiger partial charge in [0, 0.05) is 36.4 Å². The summed E-state index contributed by atoms with van der Waals surface area (Å²) in [5, 5.41) is 7.96. The predicted octanol–water partition coefficient (Wildman–Crippen LogP) is 4.74. The Morgan fingerprint density at radius 3 is 3.00 bits per heavy atom. The second-order valence-corrected chi connectivity index (χ2v) is 8.62. The Bertz CT molecular complexity index is 1010. The fraction of sp³-hybridized carbons (Fsp3) is 0.286. The first-order chi connectivity index (χ1) is 14.2. The zero-order chi connectivity index (χ0) is 20.2. The minimum absolute atomic E-state index is 0.00363. The Labute approximate surface area is 178 Å². The number of carbonyl (C=O) groups is 1. The van der Waals surface area contributed by atoms with Crippen molar-refractivity contribution in [2.24, 2.45) is 0 Å². The smallest absolute Gasteiger partial charge is 0.226 e. The molecule has 1 amide bonds. The average molecular weight is 427 g/mol. The van der Waals surface area contributed by atoms with Crippen LogP contribution >= 0.6 is 23.1 Å². The van der Waals surface area contributed by atoms with Gasteiger partial charge in [-0.15, -0.1) is 11.8 Å². The summed E-state index contributed by atoms with van der Waals surface area (Å²) < 4.78 is 5.57. The molecule has 1 aliphatic rings.